The quantitative estimate of drug-likeness (QED) is 0.879. The van der Waals surface area contributed by atoms with E-state index in [1.807, 2.05) is 25.1 Å². The second kappa shape index (κ2) is 7.14. The molecule has 3 heteroatoms. The Morgan fingerprint density at radius 1 is 1.00 bits per heavy atom. The minimum Gasteiger partial charge on any atom is -0.490 e. The van der Waals surface area contributed by atoms with Gasteiger partial charge in [0.25, 0.3) is 0 Å². The molecule has 21 heavy (non-hydrogen) atoms. The van der Waals surface area contributed by atoms with E-state index in [9.17, 15) is 0 Å². The molecule has 2 aromatic rings. The molecule has 0 aromatic heterocycles. The lowest BCUT2D eigenvalue weighted by Gasteiger charge is -2.15. The Hall–Kier alpha value is -2.00. The Labute approximate surface area is 126 Å². The molecule has 0 spiro atoms. The van der Waals surface area contributed by atoms with E-state index in [1.165, 1.54) is 11.1 Å². The predicted molar refractivity (Wildman–Crippen MR) is 85.8 cm³/mol. The van der Waals surface area contributed by atoms with Crippen LogP contribution in [0.1, 0.15) is 29.2 Å². The van der Waals surface area contributed by atoms with Gasteiger partial charge in [0.2, 0.25) is 0 Å². The van der Waals surface area contributed by atoms with Gasteiger partial charge in [-0.2, -0.15) is 0 Å². The molecule has 0 aliphatic carbocycles. The highest BCUT2D eigenvalue weighted by Gasteiger charge is 2.10. The van der Waals surface area contributed by atoms with Crippen molar-refractivity contribution in [1.29, 1.82) is 0 Å². The maximum Gasteiger partial charge on any atom is 0.166 e. The lowest BCUT2D eigenvalue weighted by atomic mass is 10.1. The summed E-state index contributed by atoms with van der Waals surface area (Å²) < 4.78 is 11.6. The molecule has 0 amide bonds. The fraction of sp³-hybridized carbons (Fsp3) is 0.333. The largest absolute Gasteiger partial charge is 0.490 e. The number of rotatable bonds is 6. The average Bonchev–Trinajstić information content (AvgIpc) is 2.45. The molecule has 0 radical (unpaired) electrons. The third-order valence-electron chi connectivity index (χ3n) is 3.24. The number of nitrogens with two attached hydrogens (primary N) is 1. The molecule has 2 aromatic carbocycles. The Morgan fingerprint density at radius 3 is 2.33 bits per heavy atom. The van der Waals surface area contributed by atoms with Gasteiger partial charge >= 0.3 is 0 Å². The van der Waals surface area contributed by atoms with Crippen LogP contribution in [0.3, 0.4) is 0 Å². The van der Waals surface area contributed by atoms with Crippen molar-refractivity contribution in [2.45, 2.75) is 33.9 Å². The first-order valence-corrected chi connectivity index (χ1v) is 7.28. The predicted octanol–water partition coefficient (Wildman–Crippen LogP) is 3.74. The second-order valence-corrected chi connectivity index (χ2v) is 5.17. The van der Waals surface area contributed by atoms with E-state index in [0.717, 1.165) is 22.6 Å². The lowest BCUT2D eigenvalue weighted by molar-refractivity contribution is 0.266. The molecule has 0 fully saturated rings. The summed E-state index contributed by atoms with van der Waals surface area (Å²) >= 11 is 0. The lowest BCUT2D eigenvalue weighted by Crippen LogP contribution is -2.05. The summed E-state index contributed by atoms with van der Waals surface area (Å²) in [5.41, 5.74) is 10.4. The summed E-state index contributed by atoms with van der Waals surface area (Å²) in [6.45, 7) is 7.70. The summed E-state index contributed by atoms with van der Waals surface area (Å²) in [6, 6.07) is 12.3. The molecule has 2 rings (SSSR count). The number of hydrogen-bond donors (Lipinski definition) is 1. The molecular weight excluding hydrogens is 262 g/mol. The fourth-order valence-electron chi connectivity index (χ4n) is 2.46. The summed E-state index contributed by atoms with van der Waals surface area (Å²) in [6.07, 6.45) is 0. The molecule has 0 saturated carbocycles. The number of benzene rings is 2. The normalized spacial score (nSPS) is 10.5. The zero-order valence-corrected chi connectivity index (χ0v) is 13.0. The topological polar surface area (TPSA) is 44.5 Å². The molecule has 0 bridgehead atoms. The van der Waals surface area contributed by atoms with Crippen molar-refractivity contribution in [2.75, 3.05) is 6.61 Å². The number of hydrogen-bond acceptors (Lipinski definition) is 3. The SMILES string of the molecule is CCOc1cccc(CN)c1OCc1cc(C)cc(C)c1. The summed E-state index contributed by atoms with van der Waals surface area (Å²) in [5, 5.41) is 0. The molecule has 0 unspecified atom stereocenters. The van der Waals surface area contributed by atoms with E-state index in [4.69, 9.17) is 15.2 Å². The van der Waals surface area contributed by atoms with Crippen LogP contribution in [0.4, 0.5) is 0 Å². The van der Waals surface area contributed by atoms with Crippen LogP contribution in [0, 0.1) is 13.8 Å². The van der Waals surface area contributed by atoms with Gasteiger partial charge < -0.3 is 15.2 Å². The minimum absolute atomic E-state index is 0.434. The van der Waals surface area contributed by atoms with Crippen molar-refractivity contribution in [3.63, 3.8) is 0 Å². The molecule has 2 N–H and O–H groups in total. The Balaban J connectivity index is 2.22. The van der Waals surface area contributed by atoms with Crippen molar-refractivity contribution in [1.82, 2.24) is 0 Å². The highest BCUT2D eigenvalue weighted by molar-refractivity contribution is 5.46. The zero-order valence-electron chi connectivity index (χ0n) is 13.0. The minimum atomic E-state index is 0.434. The van der Waals surface area contributed by atoms with Crippen LogP contribution in [0.2, 0.25) is 0 Å². The Bertz CT molecular complexity index is 588. The van der Waals surface area contributed by atoms with E-state index >= 15 is 0 Å². The number of para-hydroxylation sites is 1. The van der Waals surface area contributed by atoms with E-state index in [1.54, 1.807) is 0 Å². The van der Waals surface area contributed by atoms with Crippen LogP contribution in [-0.4, -0.2) is 6.61 Å². The number of aryl methyl sites for hydroxylation is 2. The third kappa shape index (κ3) is 3.99. The first kappa shape index (κ1) is 15.4. The molecular formula is C18H23NO2. The fourth-order valence-corrected chi connectivity index (χ4v) is 2.46. The van der Waals surface area contributed by atoms with Crippen molar-refractivity contribution in [3.05, 3.63) is 58.7 Å². The maximum absolute atomic E-state index is 6.00. The maximum atomic E-state index is 6.00. The smallest absolute Gasteiger partial charge is 0.166 e. The van der Waals surface area contributed by atoms with Gasteiger partial charge in [-0.05, 0) is 32.4 Å². The van der Waals surface area contributed by atoms with Gasteiger partial charge in [0, 0.05) is 12.1 Å². The highest BCUT2D eigenvalue weighted by Crippen LogP contribution is 2.32. The van der Waals surface area contributed by atoms with Gasteiger partial charge in [0.1, 0.15) is 6.61 Å². The van der Waals surface area contributed by atoms with Crippen LogP contribution in [0.25, 0.3) is 0 Å². The zero-order chi connectivity index (χ0) is 15.2. The Kier molecular flexibility index (Phi) is 5.23. The van der Waals surface area contributed by atoms with Crippen LogP contribution < -0.4 is 15.2 Å². The third-order valence-corrected chi connectivity index (χ3v) is 3.24. The van der Waals surface area contributed by atoms with Crippen molar-refractivity contribution in [2.24, 2.45) is 5.73 Å². The van der Waals surface area contributed by atoms with Crippen molar-refractivity contribution < 1.29 is 9.47 Å². The van der Waals surface area contributed by atoms with E-state index < -0.39 is 0 Å². The van der Waals surface area contributed by atoms with E-state index in [-0.39, 0.29) is 0 Å². The molecule has 112 valence electrons. The molecule has 0 atom stereocenters. The van der Waals surface area contributed by atoms with Crippen LogP contribution in [-0.2, 0) is 13.2 Å². The molecule has 0 aliphatic heterocycles. The van der Waals surface area contributed by atoms with Crippen LogP contribution in [0.5, 0.6) is 11.5 Å². The van der Waals surface area contributed by atoms with Crippen LogP contribution >= 0.6 is 0 Å². The molecule has 3 nitrogen and oxygen atoms in total. The first-order valence-electron chi connectivity index (χ1n) is 7.28. The Morgan fingerprint density at radius 2 is 1.71 bits per heavy atom. The van der Waals surface area contributed by atoms with E-state index in [2.05, 4.69) is 32.0 Å². The van der Waals surface area contributed by atoms with Gasteiger partial charge in [0.05, 0.1) is 6.61 Å². The summed E-state index contributed by atoms with van der Waals surface area (Å²) in [7, 11) is 0. The van der Waals surface area contributed by atoms with E-state index in [0.29, 0.717) is 19.8 Å². The molecule has 0 aliphatic rings. The standard InChI is InChI=1S/C18H23NO2/c1-4-20-17-7-5-6-16(11-19)18(17)21-12-15-9-13(2)8-14(3)10-15/h5-10H,4,11-12,19H2,1-3H3. The van der Waals surface area contributed by atoms with Gasteiger partial charge in [0.15, 0.2) is 11.5 Å². The summed E-state index contributed by atoms with van der Waals surface area (Å²) in [4.78, 5) is 0. The van der Waals surface area contributed by atoms with Gasteiger partial charge in [-0.15, -0.1) is 0 Å². The molecule has 0 heterocycles. The van der Waals surface area contributed by atoms with Crippen molar-refractivity contribution >= 4 is 0 Å². The number of ether oxygens (including phenoxy) is 2. The first-order chi connectivity index (χ1) is 10.1. The average molecular weight is 285 g/mol. The highest BCUT2D eigenvalue weighted by atomic mass is 16.5. The van der Waals surface area contributed by atoms with Gasteiger partial charge in [-0.1, -0.05) is 41.5 Å². The van der Waals surface area contributed by atoms with Crippen molar-refractivity contribution in [3.8, 4) is 11.5 Å². The molecule has 0 saturated heterocycles. The van der Waals surface area contributed by atoms with Gasteiger partial charge in [-0.25, -0.2) is 0 Å². The second-order valence-electron chi connectivity index (χ2n) is 5.17. The monoisotopic (exact) mass is 285 g/mol. The summed E-state index contributed by atoms with van der Waals surface area (Å²) in [5.74, 6) is 1.51. The van der Waals surface area contributed by atoms with Gasteiger partial charge in [-0.3, -0.25) is 0 Å². The van der Waals surface area contributed by atoms with Crippen LogP contribution in [0.15, 0.2) is 36.4 Å².